The van der Waals surface area contributed by atoms with E-state index in [9.17, 15) is 8.42 Å². The Morgan fingerprint density at radius 3 is 2.50 bits per heavy atom. The van der Waals surface area contributed by atoms with Crippen LogP contribution in [0.5, 0.6) is 0 Å². The molecule has 0 aliphatic carbocycles. The molecule has 0 heterocycles. The number of nitrogens with one attached hydrogen (secondary N) is 2. The minimum absolute atomic E-state index is 0.0668. The van der Waals surface area contributed by atoms with E-state index in [0.717, 1.165) is 6.42 Å². The summed E-state index contributed by atoms with van der Waals surface area (Å²) in [6.45, 7) is 4.79. The number of sulfonamides is 1. The van der Waals surface area contributed by atoms with E-state index in [1.807, 2.05) is 13.8 Å². The first kappa shape index (κ1) is 17.7. The molecule has 0 aliphatic rings. The molecule has 1 aromatic rings. The third-order valence-electron chi connectivity index (χ3n) is 3.11. The van der Waals surface area contributed by atoms with E-state index in [-0.39, 0.29) is 15.8 Å². The molecule has 0 fully saturated rings. The zero-order chi connectivity index (χ0) is 15.3. The molecule has 0 bridgehead atoms. The Hall–Kier alpha value is -0.330. The average Bonchev–Trinajstić information content (AvgIpc) is 2.40. The van der Waals surface area contributed by atoms with Crippen LogP contribution >= 0.6 is 23.2 Å². The fourth-order valence-corrected chi connectivity index (χ4v) is 3.67. The fourth-order valence-electron chi connectivity index (χ4n) is 1.60. The van der Waals surface area contributed by atoms with Crippen LogP contribution < -0.4 is 10.0 Å². The molecule has 1 unspecified atom stereocenters. The van der Waals surface area contributed by atoms with Crippen molar-refractivity contribution in [3.8, 4) is 0 Å². The van der Waals surface area contributed by atoms with Gasteiger partial charge in [-0.25, -0.2) is 13.1 Å². The van der Waals surface area contributed by atoms with E-state index >= 15 is 0 Å². The van der Waals surface area contributed by atoms with Crippen LogP contribution in [0.1, 0.15) is 25.8 Å². The van der Waals surface area contributed by atoms with Gasteiger partial charge in [0.15, 0.2) is 0 Å². The lowest BCUT2D eigenvalue weighted by atomic mass is 10.1. The van der Waals surface area contributed by atoms with Gasteiger partial charge in [0.05, 0.1) is 5.02 Å². The lowest BCUT2D eigenvalue weighted by Crippen LogP contribution is -2.28. The van der Waals surface area contributed by atoms with Gasteiger partial charge in [-0.3, -0.25) is 0 Å². The number of benzene rings is 1. The van der Waals surface area contributed by atoms with E-state index in [4.69, 9.17) is 23.2 Å². The van der Waals surface area contributed by atoms with Gasteiger partial charge < -0.3 is 5.32 Å². The second-order valence-corrected chi connectivity index (χ2v) is 7.25. The van der Waals surface area contributed by atoms with Gasteiger partial charge in [-0.15, -0.1) is 0 Å². The quantitative estimate of drug-likeness (QED) is 0.803. The monoisotopic (exact) mass is 338 g/mol. The van der Waals surface area contributed by atoms with E-state index in [1.54, 1.807) is 13.1 Å². The van der Waals surface area contributed by atoms with Crippen molar-refractivity contribution in [1.82, 2.24) is 10.0 Å². The highest BCUT2D eigenvalue weighted by Gasteiger charge is 2.21. The van der Waals surface area contributed by atoms with Gasteiger partial charge in [0.25, 0.3) is 0 Å². The van der Waals surface area contributed by atoms with Crippen molar-refractivity contribution in [2.24, 2.45) is 5.92 Å². The molecule has 4 nitrogen and oxygen atoms in total. The second-order valence-electron chi connectivity index (χ2n) is 4.73. The van der Waals surface area contributed by atoms with E-state index in [1.165, 1.54) is 6.07 Å². The van der Waals surface area contributed by atoms with Crippen LogP contribution in [0, 0.1) is 5.92 Å². The molecule has 20 heavy (non-hydrogen) atoms. The minimum atomic E-state index is -3.62. The van der Waals surface area contributed by atoms with Crippen LogP contribution in [0.3, 0.4) is 0 Å². The first-order valence-electron chi connectivity index (χ1n) is 6.44. The molecule has 0 radical (unpaired) electrons. The van der Waals surface area contributed by atoms with Gasteiger partial charge in [0, 0.05) is 23.7 Å². The third kappa shape index (κ3) is 4.33. The molecule has 1 atom stereocenters. The molecule has 0 aromatic heterocycles. The van der Waals surface area contributed by atoms with Crippen LogP contribution in [0.15, 0.2) is 17.0 Å². The second kappa shape index (κ2) is 7.61. The highest BCUT2D eigenvalue weighted by molar-refractivity contribution is 7.89. The van der Waals surface area contributed by atoms with Gasteiger partial charge in [0.1, 0.15) is 4.90 Å². The molecule has 0 saturated carbocycles. The number of hydrogen-bond donors (Lipinski definition) is 2. The van der Waals surface area contributed by atoms with E-state index in [2.05, 4.69) is 10.0 Å². The van der Waals surface area contributed by atoms with Gasteiger partial charge in [-0.2, -0.15) is 0 Å². The fraction of sp³-hybridized carbons (Fsp3) is 0.538. The van der Waals surface area contributed by atoms with Crippen LogP contribution in [0.2, 0.25) is 10.0 Å². The van der Waals surface area contributed by atoms with Gasteiger partial charge in [-0.1, -0.05) is 43.5 Å². The van der Waals surface area contributed by atoms with Crippen LogP contribution in [0.4, 0.5) is 0 Å². The normalized spacial score (nSPS) is 13.4. The Morgan fingerprint density at radius 2 is 1.95 bits per heavy atom. The highest BCUT2D eigenvalue weighted by atomic mass is 35.5. The molecule has 1 rings (SSSR count). The minimum Gasteiger partial charge on any atom is -0.316 e. The lowest BCUT2D eigenvalue weighted by Gasteiger charge is -2.14. The molecule has 1 aromatic carbocycles. The highest BCUT2D eigenvalue weighted by Crippen LogP contribution is 2.31. The smallest absolute Gasteiger partial charge is 0.242 e. The number of rotatable bonds is 7. The predicted octanol–water partition coefficient (Wildman–Crippen LogP) is 3.04. The van der Waals surface area contributed by atoms with Crippen LogP contribution in [-0.4, -0.2) is 22.0 Å². The molecule has 0 spiro atoms. The Labute approximate surface area is 130 Å². The van der Waals surface area contributed by atoms with Crippen molar-refractivity contribution in [2.75, 3.05) is 13.6 Å². The van der Waals surface area contributed by atoms with E-state index in [0.29, 0.717) is 23.7 Å². The zero-order valence-corrected chi connectivity index (χ0v) is 14.2. The molecule has 0 aliphatic heterocycles. The molecule has 2 N–H and O–H groups in total. The first-order chi connectivity index (χ1) is 9.33. The average molecular weight is 339 g/mol. The first-order valence-corrected chi connectivity index (χ1v) is 8.68. The summed E-state index contributed by atoms with van der Waals surface area (Å²) in [5, 5.41) is 3.54. The SMILES string of the molecule is CCC(C)CNS(=O)(=O)c1ccc(Cl)c(CNC)c1Cl. The summed E-state index contributed by atoms with van der Waals surface area (Å²) in [7, 11) is -1.88. The maximum absolute atomic E-state index is 12.3. The third-order valence-corrected chi connectivity index (χ3v) is 5.48. The standard InChI is InChI=1S/C13H20Cl2N2O2S/c1-4-9(2)7-17-20(18,19)12-6-5-11(14)10(8-16-3)13(12)15/h5-6,9,16-17H,4,7-8H2,1-3H3. The van der Waals surface area contributed by atoms with Crippen LogP contribution in [-0.2, 0) is 16.6 Å². The summed E-state index contributed by atoms with van der Waals surface area (Å²) in [6.07, 6.45) is 0.905. The van der Waals surface area contributed by atoms with Crippen molar-refractivity contribution in [2.45, 2.75) is 31.7 Å². The maximum Gasteiger partial charge on any atom is 0.242 e. The zero-order valence-electron chi connectivity index (χ0n) is 11.8. The molecule has 0 saturated heterocycles. The van der Waals surface area contributed by atoms with Crippen molar-refractivity contribution in [3.05, 3.63) is 27.7 Å². The summed E-state index contributed by atoms with van der Waals surface area (Å²) in [4.78, 5) is 0.0668. The molecule has 0 amide bonds. The topological polar surface area (TPSA) is 58.2 Å². The van der Waals surface area contributed by atoms with Gasteiger partial charge >= 0.3 is 0 Å². The largest absolute Gasteiger partial charge is 0.316 e. The summed E-state index contributed by atoms with van der Waals surface area (Å²) in [5.41, 5.74) is 0.585. The number of halogens is 2. The lowest BCUT2D eigenvalue weighted by molar-refractivity contribution is 0.528. The Morgan fingerprint density at radius 1 is 1.30 bits per heavy atom. The summed E-state index contributed by atoms with van der Waals surface area (Å²) in [6, 6.07) is 2.99. The predicted molar refractivity (Wildman–Crippen MR) is 83.9 cm³/mol. The summed E-state index contributed by atoms with van der Waals surface area (Å²) < 4.78 is 27.1. The molecular formula is C13H20Cl2N2O2S. The molecule has 114 valence electrons. The van der Waals surface area contributed by atoms with E-state index < -0.39 is 10.0 Å². The molecular weight excluding hydrogens is 319 g/mol. The Kier molecular flexibility index (Phi) is 6.75. The van der Waals surface area contributed by atoms with Crippen molar-refractivity contribution in [3.63, 3.8) is 0 Å². The van der Waals surface area contributed by atoms with Gasteiger partial charge in [0.2, 0.25) is 10.0 Å². The Bertz CT molecular complexity index is 562. The Balaban J connectivity index is 3.09. The van der Waals surface area contributed by atoms with Crippen molar-refractivity contribution < 1.29 is 8.42 Å². The van der Waals surface area contributed by atoms with Gasteiger partial charge in [-0.05, 0) is 25.1 Å². The van der Waals surface area contributed by atoms with Crippen molar-refractivity contribution in [1.29, 1.82) is 0 Å². The molecule has 7 heteroatoms. The summed E-state index contributed by atoms with van der Waals surface area (Å²) in [5.74, 6) is 0.271. The number of hydrogen-bond acceptors (Lipinski definition) is 3. The summed E-state index contributed by atoms with van der Waals surface area (Å²) >= 11 is 12.2. The van der Waals surface area contributed by atoms with Crippen LogP contribution in [0.25, 0.3) is 0 Å². The maximum atomic E-state index is 12.3. The van der Waals surface area contributed by atoms with Crippen molar-refractivity contribution >= 4 is 33.2 Å².